The number of nitrogens with zero attached hydrogens (tertiary/aromatic N) is 4. The molecule has 30 heavy (non-hydrogen) atoms. The van der Waals surface area contributed by atoms with E-state index < -0.39 is 16.9 Å². The summed E-state index contributed by atoms with van der Waals surface area (Å²) in [7, 11) is 0. The monoisotopic (exact) mass is 425 g/mol. The van der Waals surface area contributed by atoms with Crippen LogP contribution in [0.4, 0.5) is 9.18 Å². The molecule has 0 bridgehead atoms. The van der Waals surface area contributed by atoms with Gasteiger partial charge in [0.05, 0.1) is 18.8 Å². The highest BCUT2D eigenvalue weighted by Crippen LogP contribution is 2.49. The molecule has 3 amide bonds. The molecule has 8 nitrogen and oxygen atoms in total. The maximum atomic E-state index is 13.2. The van der Waals surface area contributed by atoms with Gasteiger partial charge in [-0.3, -0.25) is 14.5 Å². The van der Waals surface area contributed by atoms with E-state index in [0.29, 0.717) is 28.6 Å². The standard InChI is InChI=1S/C20H16FN5O3S/c21-13-6-7-14(22-16(13)27)17-24-23-15(30-17)11-26-19(29)25(18(28)20(26)8-9-20)10-12-4-2-1-3-5-12/h1-7H,8-11H2,(H,22,27). The fraction of sp³-hybridized carbons (Fsp3) is 0.250. The SMILES string of the molecule is O=C1N(Cc2ccccc2)C(=O)C2(CC2)N1Cc1nnc(-c2ccc(F)c(=O)[nH]2)s1. The molecule has 1 spiro atoms. The largest absolute Gasteiger partial charge is 0.328 e. The summed E-state index contributed by atoms with van der Waals surface area (Å²) in [5.41, 5.74) is -0.392. The zero-order valence-corrected chi connectivity index (χ0v) is 16.5. The molecule has 2 aromatic heterocycles. The average molecular weight is 425 g/mol. The lowest BCUT2D eigenvalue weighted by Gasteiger charge is -2.19. The zero-order valence-electron chi connectivity index (χ0n) is 15.7. The number of rotatable bonds is 5. The van der Waals surface area contributed by atoms with Gasteiger partial charge in [-0.05, 0) is 30.5 Å². The van der Waals surface area contributed by atoms with E-state index in [1.165, 1.54) is 22.3 Å². The van der Waals surface area contributed by atoms with E-state index in [1.807, 2.05) is 30.3 Å². The lowest BCUT2D eigenvalue weighted by atomic mass is 10.2. The minimum absolute atomic E-state index is 0.152. The number of aromatic amines is 1. The Morgan fingerprint density at radius 3 is 2.50 bits per heavy atom. The van der Waals surface area contributed by atoms with Crippen LogP contribution in [0.25, 0.3) is 10.7 Å². The Kier molecular flexibility index (Phi) is 4.24. The number of H-pyrrole nitrogens is 1. The van der Waals surface area contributed by atoms with Crippen molar-refractivity contribution in [2.75, 3.05) is 0 Å². The topological polar surface area (TPSA) is 99.3 Å². The van der Waals surface area contributed by atoms with Gasteiger partial charge in [-0.15, -0.1) is 10.2 Å². The fourth-order valence-corrected chi connectivity index (χ4v) is 4.46. The first-order valence-corrected chi connectivity index (χ1v) is 10.2. The summed E-state index contributed by atoms with van der Waals surface area (Å²) in [5, 5.41) is 9.08. The van der Waals surface area contributed by atoms with Crippen molar-refractivity contribution in [3.63, 3.8) is 0 Å². The molecule has 1 N–H and O–H groups in total. The average Bonchev–Trinajstić information content (AvgIpc) is 3.38. The maximum absolute atomic E-state index is 13.2. The quantitative estimate of drug-likeness (QED) is 0.634. The van der Waals surface area contributed by atoms with Crippen molar-refractivity contribution in [2.45, 2.75) is 31.5 Å². The summed E-state index contributed by atoms with van der Waals surface area (Å²) < 4.78 is 13.2. The molecule has 0 radical (unpaired) electrons. The number of hydrogen-bond donors (Lipinski definition) is 1. The van der Waals surface area contributed by atoms with Crippen molar-refractivity contribution in [2.24, 2.45) is 0 Å². The van der Waals surface area contributed by atoms with Crippen LogP contribution in [0, 0.1) is 5.82 Å². The smallest absolute Gasteiger partial charge is 0.317 e. The summed E-state index contributed by atoms with van der Waals surface area (Å²) in [6.07, 6.45) is 1.25. The number of imide groups is 1. The van der Waals surface area contributed by atoms with Crippen molar-refractivity contribution in [3.8, 4) is 10.7 Å². The van der Waals surface area contributed by atoms with E-state index in [1.54, 1.807) is 4.90 Å². The molecule has 3 aromatic rings. The molecular weight excluding hydrogens is 409 g/mol. The number of hydrogen-bond acceptors (Lipinski definition) is 6. The Morgan fingerprint density at radius 2 is 1.80 bits per heavy atom. The normalized spacial score (nSPS) is 17.2. The molecule has 0 unspecified atom stereocenters. The predicted octanol–water partition coefficient (Wildman–Crippen LogP) is 2.53. The van der Waals surface area contributed by atoms with Gasteiger partial charge < -0.3 is 9.88 Å². The van der Waals surface area contributed by atoms with Gasteiger partial charge in [0.25, 0.3) is 11.5 Å². The van der Waals surface area contributed by atoms with Gasteiger partial charge in [-0.25, -0.2) is 9.18 Å². The first-order valence-electron chi connectivity index (χ1n) is 9.37. The third kappa shape index (κ3) is 3.00. The molecular formula is C20H16FN5O3S. The molecule has 0 atom stereocenters. The summed E-state index contributed by atoms with van der Waals surface area (Å²) in [6.45, 7) is 0.383. The molecule has 1 saturated carbocycles. The molecule has 1 saturated heterocycles. The van der Waals surface area contributed by atoms with E-state index in [0.717, 1.165) is 11.6 Å². The number of amides is 3. The van der Waals surface area contributed by atoms with Crippen molar-refractivity contribution in [1.82, 2.24) is 25.0 Å². The van der Waals surface area contributed by atoms with Crippen LogP contribution in [0.3, 0.4) is 0 Å². The molecule has 1 aromatic carbocycles. The second kappa shape index (κ2) is 6.84. The van der Waals surface area contributed by atoms with Crippen molar-refractivity contribution in [1.29, 1.82) is 0 Å². The van der Waals surface area contributed by atoms with Crippen molar-refractivity contribution in [3.05, 3.63) is 69.2 Å². The minimum atomic E-state index is -0.876. The first kappa shape index (κ1) is 18.6. The summed E-state index contributed by atoms with van der Waals surface area (Å²) in [6, 6.07) is 11.5. The van der Waals surface area contributed by atoms with E-state index in [2.05, 4.69) is 15.2 Å². The van der Waals surface area contributed by atoms with Crippen molar-refractivity contribution < 1.29 is 14.0 Å². The molecule has 2 aliphatic rings. The van der Waals surface area contributed by atoms with Crippen LogP contribution >= 0.6 is 11.3 Å². The fourth-order valence-electron chi connectivity index (χ4n) is 3.65. The molecule has 5 rings (SSSR count). The van der Waals surface area contributed by atoms with Crippen LogP contribution in [0.15, 0.2) is 47.3 Å². The summed E-state index contributed by atoms with van der Waals surface area (Å²) in [4.78, 5) is 42.8. The Morgan fingerprint density at radius 1 is 1.03 bits per heavy atom. The van der Waals surface area contributed by atoms with Crippen LogP contribution in [-0.2, 0) is 17.9 Å². The van der Waals surface area contributed by atoms with Gasteiger partial charge in [0.2, 0.25) is 0 Å². The van der Waals surface area contributed by atoms with Crippen LogP contribution in [-0.4, -0.2) is 42.5 Å². The number of nitrogens with one attached hydrogen (secondary N) is 1. The number of pyridine rings is 1. The summed E-state index contributed by atoms with van der Waals surface area (Å²) >= 11 is 1.19. The van der Waals surface area contributed by atoms with Gasteiger partial charge in [0.1, 0.15) is 10.5 Å². The third-order valence-corrected chi connectivity index (χ3v) is 6.32. The predicted molar refractivity (Wildman–Crippen MR) is 106 cm³/mol. The highest BCUT2D eigenvalue weighted by Gasteiger charge is 2.64. The number of aromatic nitrogens is 3. The van der Waals surface area contributed by atoms with Crippen LogP contribution in [0.1, 0.15) is 23.4 Å². The first-order chi connectivity index (χ1) is 14.5. The van der Waals surface area contributed by atoms with E-state index in [9.17, 15) is 18.8 Å². The molecule has 152 valence electrons. The lowest BCUT2D eigenvalue weighted by molar-refractivity contribution is -0.129. The number of carbonyl (C=O) groups excluding carboxylic acids is 2. The Bertz CT molecular complexity index is 1200. The molecule has 1 aliphatic carbocycles. The Balaban J connectivity index is 1.38. The second-order valence-electron chi connectivity index (χ2n) is 7.33. The Hall–Kier alpha value is -3.40. The van der Waals surface area contributed by atoms with Crippen LogP contribution in [0.2, 0.25) is 0 Å². The zero-order chi connectivity index (χ0) is 20.9. The second-order valence-corrected chi connectivity index (χ2v) is 8.39. The number of halogens is 1. The van der Waals surface area contributed by atoms with E-state index in [-0.39, 0.29) is 25.0 Å². The van der Waals surface area contributed by atoms with Crippen LogP contribution < -0.4 is 5.56 Å². The van der Waals surface area contributed by atoms with E-state index in [4.69, 9.17) is 0 Å². The van der Waals surface area contributed by atoms with E-state index >= 15 is 0 Å². The van der Waals surface area contributed by atoms with Crippen molar-refractivity contribution >= 4 is 23.3 Å². The summed E-state index contributed by atoms with van der Waals surface area (Å²) in [5.74, 6) is -1.05. The molecule has 10 heteroatoms. The number of urea groups is 1. The van der Waals surface area contributed by atoms with Gasteiger partial charge in [-0.1, -0.05) is 41.7 Å². The lowest BCUT2D eigenvalue weighted by Crippen LogP contribution is -2.36. The Labute approximate surface area is 174 Å². The minimum Gasteiger partial charge on any atom is -0.317 e. The highest BCUT2D eigenvalue weighted by molar-refractivity contribution is 7.14. The number of benzene rings is 1. The highest BCUT2D eigenvalue weighted by atomic mass is 32.1. The van der Waals surface area contributed by atoms with Gasteiger partial charge in [-0.2, -0.15) is 0 Å². The molecule has 3 heterocycles. The molecule has 2 fully saturated rings. The number of carbonyl (C=O) groups is 2. The molecule has 1 aliphatic heterocycles. The van der Waals surface area contributed by atoms with Gasteiger partial charge in [0, 0.05) is 0 Å². The van der Waals surface area contributed by atoms with Gasteiger partial charge >= 0.3 is 6.03 Å². The van der Waals surface area contributed by atoms with Gasteiger partial charge in [0.15, 0.2) is 10.8 Å². The maximum Gasteiger partial charge on any atom is 0.328 e. The van der Waals surface area contributed by atoms with Crippen LogP contribution in [0.5, 0.6) is 0 Å². The third-order valence-electron chi connectivity index (χ3n) is 5.38.